The number of para-hydroxylation sites is 1. The molecule has 4 rings (SSSR count). The van der Waals surface area contributed by atoms with Crippen molar-refractivity contribution in [3.63, 3.8) is 0 Å². The predicted molar refractivity (Wildman–Crippen MR) is 110 cm³/mol. The lowest BCUT2D eigenvalue weighted by Gasteiger charge is -2.03. The zero-order chi connectivity index (χ0) is 20.1. The van der Waals surface area contributed by atoms with Crippen molar-refractivity contribution in [3.8, 4) is 0 Å². The Morgan fingerprint density at radius 1 is 1.14 bits per heavy atom. The number of rotatable bonds is 8. The number of carbonyl (C=O) groups is 1. The van der Waals surface area contributed by atoms with Crippen molar-refractivity contribution in [1.82, 2.24) is 25.3 Å². The zero-order valence-electron chi connectivity index (χ0n) is 15.7. The van der Waals surface area contributed by atoms with Gasteiger partial charge in [0, 0.05) is 11.6 Å². The number of carbonyl (C=O) groups excluding carboxylic acids is 1. The first kappa shape index (κ1) is 19.2. The molecule has 1 aromatic carbocycles. The van der Waals surface area contributed by atoms with Crippen molar-refractivity contribution >= 4 is 28.3 Å². The summed E-state index contributed by atoms with van der Waals surface area (Å²) >= 11 is 1.47. The minimum Gasteiger partial charge on any atom is -0.345 e. The van der Waals surface area contributed by atoms with Gasteiger partial charge in [-0.3, -0.25) is 9.78 Å². The Morgan fingerprint density at radius 3 is 2.93 bits per heavy atom. The van der Waals surface area contributed by atoms with E-state index in [4.69, 9.17) is 0 Å². The molecule has 2 N–H and O–H groups in total. The van der Waals surface area contributed by atoms with Gasteiger partial charge in [-0.05, 0) is 49.4 Å². The van der Waals surface area contributed by atoms with Crippen LogP contribution >= 0.6 is 11.3 Å². The van der Waals surface area contributed by atoms with Crippen molar-refractivity contribution in [1.29, 1.82) is 0 Å². The number of nitrogens with zero attached hydrogens (tertiary/aromatic N) is 3. The lowest BCUT2D eigenvalue weighted by molar-refractivity contribution is 0.0945. The van der Waals surface area contributed by atoms with Crippen molar-refractivity contribution in [2.75, 3.05) is 0 Å². The van der Waals surface area contributed by atoms with Crippen LogP contribution in [0.3, 0.4) is 0 Å². The first-order valence-corrected chi connectivity index (χ1v) is 10.3. The zero-order valence-corrected chi connectivity index (χ0v) is 16.5. The van der Waals surface area contributed by atoms with Gasteiger partial charge in [0.2, 0.25) is 0 Å². The fraction of sp³-hybridized carbons (Fsp3) is 0.238. The summed E-state index contributed by atoms with van der Waals surface area (Å²) in [5.74, 6) is -0.750. The number of unbranched alkanes of at least 4 members (excludes halogenated alkanes) is 1. The number of halogens is 1. The normalized spacial score (nSPS) is 11.1. The first-order chi connectivity index (χ1) is 14.2. The van der Waals surface area contributed by atoms with Crippen molar-refractivity contribution in [2.45, 2.75) is 32.2 Å². The van der Waals surface area contributed by atoms with Crippen molar-refractivity contribution in [3.05, 3.63) is 76.0 Å². The van der Waals surface area contributed by atoms with Gasteiger partial charge in [0.05, 0.1) is 34.6 Å². The summed E-state index contributed by atoms with van der Waals surface area (Å²) in [6, 6.07) is 9.01. The highest BCUT2D eigenvalue weighted by Crippen LogP contribution is 2.18. The molecule has 0 fully saturated rings. The number of benzene rings is 1. The second-order valence-electron chi connectivity index (χ2n) is 6.66. The maximum absolute atomic E-state index is 13.6. The van der Waals surface area contributed by atoms with E-state index in [1.165, 1.54) is 35.2 Å². The van der Waals surface area contributed by atoms with Crippen LogP contribution in [0.5, 0.6) is 0 Å². The number of thiazole rings is 1. The van der Waals surface area contributed by atoms with Crippen LogP contribution in [0.25, 0.3) is 11.0 Å². The molecule has 0 unspecified atom stereocenters. The van der Waals surface area contributed by atoms with Crippen LogP contribution in [0.15, 0.2) is 48.2 Å². The third-order valence-corrected chi connectivity index (χ3v) is 5.56. The quantitative estimate of drug-likeness (QED) is 0.430. The molecule has 8 heteroatoms. The van der Waals surface area contributed by atoms with E-state index in [-0.39, 0.29) is 18.1 Å². The molecule has 4 aromatic rings. The summed E-state index contributed by atoms with van der Waals surface area (Å²) in [5, 5.41) is 5.33. The van der Waals surface area contributed by atoms with E-state index in [2.05, 4.69) is 31.3 Å². The van der Waals surface area contributed by atoms with Crippen LogP contribution < -0.4 is 5.32 Å². The number of aryl methyl sites for hydroxylation is 2. The molecule has 0 saturated heterocycles. The highest BCUT2D eigenvalue weighted by Gasteiger charge is 2.12. The molecule has 0 radical (unpaired) electrons. The van der Waals surface area contributed by atoms with Crippen LogP contribution in [0.4, 0.5) is 4.39 Å². The van der Waals surface area contributed by atoms with Gasteiger partial charge in [-0.25, -0.2) is 14.4 Å². The Morgan fingerprint density at radius 2 is 2.03 bits per heavy atom. The fourth-order valence-corrected chi connectivity index (χ4v) is 3.97. The summed E-state index contributed by atoms with van der Waals surface area (Å²) < 4.78 is 13.6. The number of nitrogens with one attached hydrogen (secondary N) is 2. The van der Waals surface area contributed by atoms with Crippen LogP contribution in [0.1, 0.15) is 39.6 Å². The second-order valence-corrected chi connectivity index (χ2v) is 7.61. The molecule has 0 bridgehead atoms. The Kier molecular flexibility index (Phi) is 5.90. The number of hydrogen-bond acceptors (Lipinski definition) is 5. The van der Waals surface area contributed by atoms with E-state index in [9.17, 15) is 9.18 Å². The molecule has 3 aromatic heterocycles. The molecule has 0 aliphatic rings. The maximum atomic E-state index is 13.6. The molecule has 3 heterocycles. The minimum absolute atomic E-state index is 0.0388. The smallest absolute Gasteiger partial charge is 0.271 e. The minimum atomic E-state index is -0.433. The summed E-state index contributed by atoms with van der Waals surface area (Å²) in [5.41, 5.74) is 3.91. The Labute approximate surface area is 171 Å². The monoisotopic (exact) mass is 409 g/mol. The third kappa shape index (κ3) is 4.65. The standard InChI is InChI=1S/C21H20FN5OS/c22-15-7-4-10-23-17(15)11-24-21(28)18-12-29-19(27-18)9-2-1-5-14-6-3-8-16-20(14)26-13-25-16/h3-4,6-8,10,12-13H,1-2,5,9,11H2,(H,24,28)(H,25,26). The maximum Gasteiger partial charge on any atom is 0.271 e. The average molecular weight is 409 g/mol. The Balaban J connectivity index is 1.25. The summed E-state index contributed by atoms with van der Waals surface area (Å²) in [6.07, 6.45) is 7.00. The van der Waals surface area contributed by atoms with Crippen molar-refractivity contribution < 1.29 is 9.18 Å². The largest absolute Gasteiger partial charge is 0.345 e. The number of imidazole rings is 1. The van der Waals surface area contributed by atoms with Crippen LogP contribution in [0.2, 0.25) is 0 Å². The van der Waals surface area contributed by atoms with Crippen LogP contribution in [-0.2, 0) is 19.4 Å². The number of H-pyrrole nitrogens is 1. The predicted octanol–water partition coefficient (Wildman–Crippen LogP) is 4.05. The number of aromatic amines is 1. The SMILES string of the molecule is O=C(NCc1ncccc1F)c1csc(CCCCc2cccc3[nH]cnc23)n1. The van der Waals surface area contributed by atoms with E-state index in [1.54, 1.807) is 11.7 Å². The average Bonchev–Trinajstić information content (AvgIpc) is 3.40. The molecule has 6 nitrogen and oxygen atoms in total. The number of hydrogen-bond donors (Lipinski definition) is 2. The fourth-order valence-electron chi connectivity index (χ4n) is 3.15. The van der Waals surface area contributed by atoms with Crippen LogP contribution in [-0.4, -0.2) is 25.8 Å². The summed E-state index contributed by atoms with van der Waals surface area (Å²) in [4.78, 5) is 28.1. The van der Waals surface area contributed by atoms with Crippen molar-refractivity contribution in [2.24, 2.45) is 0 Å². The Hall–Kier alpha value is -3.13. The lowest BCUT2D eigenvalue weighted by atomic mass is 10.1. The van der Waals surface area contributed by atoms with E-state index in [0.717, 1.165) is 41.7 Å². The molecule has 0 aliphatic heterocycles. The van der Waals surface area contributed by atoms with Gasteiger partial charge < -0.3 is 10.3 Å². The summed E-state index contributed by atoms with van der Waals surface area (Å²) in [7, 11) is 0. The number of pyridine rings is 1. The number of fused-ring (bicyclic) bond motifs is 1. The molecule has 0 spiro atoms. The Bertz CT molecular complexity index is 1120. The second kappa shape index (κ2) is 8.91. The van der Waals surface area contributed by atoms with E-state index < -0.39 is 5.82 Å². The molecule has 0 saturated carbocycles. The first-order valence-electron chi connectivity index (χ1n) is 9.43. The molecule has 0 aliphatic carbocycles. The van der Waals surface area contributed by atoms with Gasteiger partial charge in [0.1, 0.15) is 11.5 Å². The van der Waals surface area contributed by atoms with E-state index in [1.807, 2.05) is 12.1 Å². The number of amides is 1. The van der Waals surface area contributed by atoms with Gasteiger partial charge in [-0.15, -0.1) is 11.3 Å². The molecular formula is C21H20FN5OS. The van der Waals surface area contributed by atoms with Crippen LogP contribution in [0, 0.1) is 5.82 Å². The summed E-state index contributed by atoms with van der Waals surface area (Å²) in [6.45, 7) is 0.0388. The lowest BCUT2D eigenvalue weighted by Crippen LogP contribution is -2.24. The molecule has 1 amide bonds. The number of aromatic nitrogens is 4. The van der Waals surface area contributed by atoms with Gasteiger partial charge in [-0.2, -0.15) is 0 Å². The van der Waals surface area contributed by atoms with Gasteiger partial charge >= 0.3 is 0 Å². The van der Waals surface area contributed by atoms with Gasteiger partial charge in [0.25, 0.3) is 5.91 Å². The highest BCUT2D eigenvalue weighted by atomic mass is 32.1. The molecule has 29 heavy (non-hydrogen) atoms. The highest BCUT2D eigenvalue weighted by molar-refractivity contribution is 7.09. The van der Waals surface area contributed by atoms with Gasteiger partial charge in [-0.1, -0.05) is 12.1 Å². The van der Waals surface area contributed by atoms with E-state index >= 15 is 0 Å². The molecule has 148 valence electrons. The third-order valence-electron chi connectivity index (χ3n) is 4.66. The topological polar surface area (TPSA) is 83.6 Å². The van der Waals surface area contributed by atoms with Gasteiger partial charge in [0.15, 0.2) is 0 Å². The molecular weight excluding hydrogens is 389 g/mol. The van der Waals surface area contributed by atoms with E-state index in [0.29, 0.717) is 5.69 Å². The molecule has 0 atom stereocenters.